The second-order valence-corrected chi connectivity index (χ2v) is 3.45. The van der Waals surface area contributed by atoms with Crippen LogP contribution in [-0.2, 0) is 0 Å². The first-order valence-electron chi connectivity index (χ1n) is 4.09. The van der Waals surface area contributed by atoms with E-state index >= 15 is 0 Å². The topological polar surface area (TPSA) is 126 Å². The van der Waals surface area contributed by atoms with Gasteiger partial charge in [-0.05, 0) is 15.9 Å². The Morgan fingerprint density at radius 1 is 1.38 bits per heavy atom. The largest absolute Gasteiger partial charge is 0.366 e. The minimum Gasteiger partial charge on any atom is -0.366 e. The zero-order chi connectivity index (χ0) is 11.7. The van der Waals surface area contributed by atoms with Crippen molar-refractivity contribution in [2.75, 3.05) is 5.73 Å². The number of primary amides is 1. The van der Waals surface area contributed by atoms with Crippen molar-refractivity contribution in [3.05, 3.63) is 22.8 Å². The number of anilines is 1. The summed E-state index contributed by atoms with van der Waals surface area (Å²) in [6.45, 7) is 0. The zero-order valence-corrected chi connectivity index (χ0v) is 9.42. The highest BCUT2D eigenvalue weighted by Gasteiger charge is 2.16. The summed E-state index contributed by atoms with van der Waals surface area (Å²) in [5.74, 6) is -0.483. The van der Waals surface area contributed by atoms with Gasteiger partial charge in [0.15, 0.2) is 11.5 Å². The fourth-order valence-electron chi connectivity index (χ4n) is 1.10. The van der Waals surface area contributed by atoms with Crippen LogP contribution in [0.3, 0.4) is 0 Å². The molecule has 0 bridgehead atoms. The molecule has 0 saturated heterocycles. The lowest BCUT2D eigenvalue weighted by atomic mass is 10.4. The number of hydrogen-bond donors (Lipinski definition) is 2. The number of carbonyl (C=O) groups excluding carboxylic acids is 1. The highest BCUT2D eigenvalue weighted by Crippen LogP contribution is 2.15. The Hall–Kier alpha value is -2.03. The molecule has 0 aromatic carbocycles. The lowest BCUT2D eigenvalue weighted by Crippen LogP contribution is -2.18. The van der Waals surface area contributed by atoms with Gasteiger partial charge in [-0.15, -0.1) is 5.10 Å². The molecule has 8 nitrogen and oxygen atoms in total. The van der Waals surface area contributed by atoms with Crippen LogP contribution in [0.15, 0.2) is 17.1 Å². The summed E-state index contributed by atoms with van der Waals surface area (Å²) < 4.78 is 1.55. The number of rotatable bonds is 2. The third-order valence-corrected chi connectivity index (χ3v) is 2.21. The first kappa shape index (κ1) is 10.5. The smallest absolute Gasteiger partial charge is 0.271 e. The number of aromatic nitrogens is 5. The normalized spacial score (nSPS) is 10.3. The van der Waals surface area contributed by atoms with E-state index in [0.717, 1.165) is 0 Å². The van der Waals surface area contributed by atoms with E-state index in [0.29, 0.717) is 4.73 Å². The quantitative estimate of drug-likeness (QED) is 0.765. The molecule has 2 aromatic rings. The van der Waals surface area contributed by atoms with Gasteiger partial charge in [0.1, 0.15) is 0 Å². The summed E-state index contributed by atoms with van der Waals surface area (Å²) in [6, 6.07) is 0. The number of carbonyl (C=O) groups is 1. The molecule has 16 heavy (non-hydrogen) atoms. The Balaban J connectivity index is 2.64. The van der Waals surface area contributed by atoms with Gasteiger partial charge < -0.3 is 11.5 Å². The van der Waals surface area contributed by atoms with Gasteiger partial charge in [-0.25, -0.2) is 9.97 Å². The van der Waals surface area contributed by atoms with Gasteiger partial charge in [0, 0.05) is 12.4 Å². The van der Waals surface area contributed by atoms with Crippen LogP contribution < -0.4 is 11.5 Å². The average Bonchev–Trinajstić information content (AvgIpc) is 2.57. The Bertz CT molecular complexity index is 551. The molecule has 2 heterocycles. The standard InChI is InChI=1S/C7H6BrN7O/c8-6-13-7(10)14-15(6)5-3(4(9)16)11-1-2-12-5/h1-2H,(H2,9,16)(H2,10,14). The van der Waals surface area contributed by atoms with E-state index < -0.39 is 5.91 Å². The molecular formula is C7H6BrN7O. The van der Waals surface area contributed by atoms with Crippen LogP contribution in [0.1, 0.15) is 10.5 Å². The van der Waals surface area contributed by atoms with Gasteiger partial charge in [0.2, 0.25) is 10.7 Å². The van der Waals surface area contributed by atoms with Crippen LogP contribution in [0.2, 0.25) is 0 Å². The first-order valence-corrected chi connectivity index (χ1v) is 4.88. The number of halogens is 1. The number of hydrogen-bond acceptors (Lipinski definition) is 6. The fraction of sp³-hybridized carbons (Fsp3) is 0. The Morgan fingerprint density at radius 3 is 2.62 bits per heavy atom. The summed E-state index contributed by atoms with van der Waals surface area (Å²) in [4.78, 5) is 22.7. The van der Waals surface area contributed by atoms with E-state index in [4.69, 9.17) is 11.5 Å². The number of nitrogens with two attached hydrogens (primary N) is 2. The predicted octanol–water partition coefficient (Wildman–Crippen LogP) is -0.499. The van der Waals surface area contributed by atoms with Crippen LogP contribution in [0.25, 0.3) is 5.82 Å². The SMILES string of the molecule is NC(=O)c1nccnc1-n1nc(N)nc1Br. The molecule has 0 saturated carbocycles. The summed E-state index contributed by atoms with van der Waals surface area (Å²) in [5, 5.41) is 3.85. The lowest BCUT2D eigenvalue weighted by Gasteiger charge is -2.03. The maximum Gasteiger partial charge on any atom is 0.271 e. The highest BCUT2D eigenvalue weighted by atomic mass is 79.9. The van der Waals surface area contributed by atoms with Crippen molar-refractivity contribution in [3.63, 3.8) is 0 Å². The maximum atomic E-state index is 11.1. The lowest BCUT2D eigenvalue weighted by molar-refractivity contribution is 0.0995. The summed E-state index contributed by atoms with van der Waals surface area (Å²) in [5.41, 5.74) is 10.6. The molecule has 0 aliphatic heterocycles. The maximum absolute atomic E-state index is 11.1. The van der Waals surface area contributed by atoms with Crippen molar-refractivity contribution in [1.82, 2.24) is 24.7 Å². The van der Waals surface area contributed by atoms with Gasteiger partial charge in [-0.2, -0.15) is 9.67 Å². The Labute approximate surface area is 97.8 Å². The van der Waals surface area contributed by atoms with E-state index in [1.807, 2.05) is 0 Å². The van der Waals surface area contributed by atoms with Gasteiger partial charge in [0.05, 0.1) is 0 Å². The molecule has 0 radical (unpaired) electrons. The Kier molecular flexibility index (Phi) is 2.52. The van der Waals surface area contributed by atoms with E-state index in [2.05, 4.69) is 36.0 Å². The van der Waals surface area contributed by atoms with Crippen molar-refractivity contribution in [2.24, 2.45) is 5.73 Å². The monoisotopic (exact) mass is 283 g/mol. The zero-order valence-electron chi connectivity index (χ0n) is 7.83. The fourth-order valence-corrected chi connectivity index (χ4v) is 1.53. The van der Waals surface area contributed by atoms with E-state index in [-0.39, 0.29) is 17.5 Å². The van der Waals surface area contributed by atoms with Gasteiger partial charge in [0.25, 0.3) is 5.91 Å². The van der Waals surface area contributed by atoms with Gasteiger partial charge in [-0.3, -0.25) is 4.79 Å². The molecule has 0 spiro atoms. The molecule has 1 amide bonds. The molecular weight excluding hydrogens is 278 g/mol. The summed E-state index contributed by atoms with van der Waals surface area (Å²) >= 11 is 3.13. The highest BCUT2D eigenvalue weighted by molar-refractivity contribution is 9.10. The van der Waals surface area contributed by atoms with Crippen LogP contribution in [0.4, 0.5) is 5.95 Å². The first-order chi connectivity index (χ1) is 7.59. The van der Waals surface area contributed by atoms with Crippen molar-refractivity contribution in [3.8, 4) is 5.82 Å². The molecule has 2 rings (SSSR count). The number of nitrogens with zero attached hydrogens (tertiary/aromatic N) is 5. The molecule has 0 fully saturated rings. The second kappa shape index (κ2) is 3.85. The number of nitrogen functional groups attached to an aromatic ring is 1. The molecule has 82 valence electrons. The van der Waals surface area contributed by atoms with E-state index in [1.54, 1.807) is 0 Å². The molecule has 2 aromatic heterocycles. The predicted molar refractivity (Wildman–Crippen MR) is 57.6 cm³/mol. The molecule has 0 aliphatic rings. The minimum atomic E-state index is -0.705. The molecule has 0 unspecified atom stereocenters. The molecule has 0 atom stereocenters. The van der Waals surface area contributed by atoms with Crippen molar-refractivity contribution in [1.29, 1.82) is 0 Å². The van der Waals surface area contributed by atoms with Crippen LogP contribution in [0.5, 0.6) is 0 Å². The summed E-state index contributed by atoms with van der Waals surface area (Å²) in [6.07, 6.45) is 2.77. The summed E-state index contributed by atoms with van der Waals surface area (Å²) in [7, 11) is 0. The van der Waals surface area contributed by atoms with E-state index in [1.165, 1.54) is 17.1 Å². The van der Waals surface area contributed by atoms with E-state index in [9.17, 15) is 4.79 Å². The van der Waals surface area contributed by atoms with Crippen molar-refractivity contribution < 1.29 is 4.79 Å². The third kappa shape index (κ3) is 1.72. The van der Waals surface area contributed by atoms with Gasteiger partial charge >= 0.3 is 0 Å². The average molecular weight is 284 g/mol. The van der Waals surface area contributed by atoms with Crippen LogP contribution in [0, 0.1) is 0 Å². The van der Waals surface area contributed by atoms with Crippen molar-refractivity contribution >= 4 is 27.8 Å². The number of amides is 1. The van der Waals surface area contributed by atoms with Gasteiger partial charge in [-0.1, -0.05) is 0 Å². The second-order valence-electron chi connectivity index (χ2n) is 2.74. The molecule has 4 N–H and O–H groups in total. The van der Waals surface area contributed by atoms with Crippen molar-refractivity contribution in [2.45, 2.75) is 0 Å². The Morgan fingerprint density at radius 2 is 2.06 bits per heavy atom. The molecule has 0 aliphatic carbocycles. The third-order valence-electron chi connectivity index (χ3n) is 1.70. The minimum absolute atomic E-state index is 0.00639. The molecule has 9 heteroatoms. The van der Waals surface area contributed by atoms with Crippen LogP contribution >= 0.6 is 15.9 Å². The van der Waals surface area contributed by atoms with Crippen LogP contribution in [-0.4, -0.2) is 30.6 Å².